The normalized spacial score (nSPS) is 11.1. The van der Waals surface area contributed by atoms with E-state index in [4.69, 9.17) is 4.42 Å². The Kier molecular flexibility index (Phi) is 2.73. The summed E-state index contributed by atoms with van der Waals surface area (Å²) in [6, 6.07) is 19.7. The zero-order valence-corrected chi connectivity index (χ0v) is 11.6. The predicted octanol–water partition coefficient (Wildman–Crippen LogP) is 4.32. The van der Waals surface area contributed by atoms with Gasteiger partial charge in [-0.2, -0.15) is 0 Å². The number of phenolic OH excluding ortho intramolecular Hbond substituents is 1. The standard InChI is InChI=1S/C19H12O3/c20-15-8-4-7-14-13(15)9-10-17-19(14)16(21)11-18(22-17)12-5-2-1-3-6-12/h1-11,20H. The van der Waals surface area contributed by atoms with Crippen molar-refractivity contribution >= 4 is 21.7 Å². The molecule has 0 saturated carbocycles. The summed E-state index contributed by atoms with van der Waals surface area (Å²) in [5.74, 6) is 0.698. The zero-order chi connectivity index (χ0) is 15.1. The molecule has 0 radical (unpaired) electrons. The molecule has 4 rings (SSSR count). The van der Waals surface area contributed by atoms with Crippen LogP contribution >= 0.6 is 0 Å². The predicted molar refractivity (Wildman–Crippen MR) is 87.1 cm³/mol. The molecular weight excluding hydrogens is 276 g/mol. The highest BCUT2D eigenvalue weighted by molar-refractivity contribution is 6.07. The fourth-order valence-electron chi connectivity index (χ4n) is 2.74. The van der Waals surface area contributed by atoms with Crippen molar-refractivity contribution in [2.24, 2.45) is 0 Å². The molecule has 4 aromatic rings. The third-order valence-electron chi connectivity index (χ3n) is 3.79. The van der Waals surface area contributed by atoms with Gasteiger partial charge in [0.1, 0.15) is 17.1 Å². The lowest BCUT2D eigenvalue weighted by Crippen LogP contribution is -2.01. The average Bonchev–Trinajstić information content (AvgIpc) is 2.55. The van der Waals surface area contributed by atoms with Crippen molar-refractivity contribution < 1.29 is 9.52 Å². The second-order valence-corrected chi connectivity index (χ2v) is 5.15. The van der Waals surface area contributed by atoms with Crippen LogP contribution in [0.1, 0.15) is 0 Å². The number of hydrogen-bond acceptors (Lipinski definition) is 3. The van der Waals surface area contributed by atoms with Crippen LogP contribution in [0.4, 0.5) is 0 Å². The van der Waals surface area contributed by atoms with Gasteiger partial charge in [0.15, 0.2) is 5.43 Å². The quantitative estimate of drug-likeness (QED) is 0.531. The van der Waals surface area contributed by atoms with Gasteiger partial charge >= 0.3 is 0 Å². The van der Waals surface area contributed by atoms with E-state index in [-0.39, 0.29) is 11.2 Å². The maximum atomic E-state index is 12.6. The van der Waals surface area contributed by atoms with Crippen LogP contribution in [-0.4, -0.2) is 5.11 Å². The fourth-order valence-corrected chi connectivity index (χ4v) is 2.74. The summed E-state index contributed by atoms with van der Waals surface area (Å²) < 4.78 is 5.90. The molecule has 0 aliphatic carbocycles. The van der Waals surface area contributed by atoms with E-state index < -0.39 is 0 Å². The van der Waals surface area contributed by atoms with Gasteiger partial charge in [0, 0.05) is 22.4 Å². The second kappa shape index (κ2) is 4.74. The summed E-state index contributed by atoms with van der Waals surface area (Å²) in [5.41, 5.74) is 1.26. The molecule has 0 spiro atoms. The van der Waals surface area contributed by atoms with Crippen LogP contribution in [0.15, 0.2) is 75.9 Å². The highest BCUT2D eigenvalue weighted by atomic mass is 16.3. The molecule has 0 bridgehead atoms. The molecule has 22 heavy (non-hydrogen) atoms. The van der Waals surface area contributed by atoms with Gasteiger partial charge in [-0.05, 0) is 18.2 Å². The Morgan fingerprint density at radius 3 is 2.45 bits per heavy atom. The lowest BCUT2D eigenvalue weighted by atomic mass is 10.0. The third-order valence-corrected chi connectivity index (χ3v) is 3.79. The minimum atomic E-state index is -0.115. The van der Waals surface area contributed by atoms with E-state index in [1.54, 1.807) is 24.3 Å². The SMILES string of the molecule is O=c1cc(-c2ccccc2)oc2ccc3c(O)cccc3c12. The first kappa shape index (κ1) is 12.7. The Balaban J connectivity index is 2.09. The van der Waals surface area contributed by atoms with Crippen molar-refractivity contribution in [2.45, 2.75) is 0 Å². The molecule has 0 atom stereocenters. The largest absolute Gasteiger partial charge is 0.507 e. The Hall–Kier alpha value is -3.07. The minimum absolute atomic E-state index is 0.115. The van der Waals surface area contributed by atoms with Crippen LogP contribution in [0.2, 0.25) is 0 Å². The topological polar surface area (TPSA) is 50.4 Å². The van der Waals surface area contributed by atoms with Crippen molar-refractivity contribution in [3.63, 3.8) is 0 Å². The molecule has 0 unspecified atom stereocenters. The minimum Gasteiger partial charge on any atom is -0.507 e. The highest BCUT2D eigenvalue weighted by Gasteiger charge is 2.11. The molecule has 0 aliphatic heterocycles. The summed E-state index contributed by atoms with van der Waals surface area (Å²) in [4.78, 5) is 12.6. The molecule has 1 heterocycles. The number of fused-ring (bicyclic) bond motifs is 3. The molecule has 106 valence electrons. The summed E-state index contributed by atoms with van der Waals surface area (Å²) in [5, 5.41) is 11.8. The number of aromatic hydroxyl groups is 1. The van der Waals surface area contributed by atoms with Gasteiger partial charge in [-0.25, -0.2) is 0 Å². The van der Waals surface area contributed by atoms with E-state index in [9.17, 15) is 9.90 Å². The van der Waals surface area contributed by atoms with Crippen LogP contribution < -0.4 is 5.43 Å². The van der Waals surface area contributed by atoms with Crippen LogP contribution in [0, 0.1) is 0 Å². The smallest absolute Gasteiger partial charge is 0.193 e. The van der Waals surface area contributed by atoms with E-state index in [2.05, 4.69) is 0 Å². The van der Waals surface area contributed by atoms with E-state index in [0.717, 1.165) is 5.56 Å². The molecule has 3 heteroatoms. The van der Waals surface area contributed by atoms with Crippen LogP contribution in [0.25, 0.3) is 33.1 Å². The van der Waals surface area contributed by atoms with E-state index in [0.29, 0.717) is 27.5 Å². The summed E-state index contributed by atoms with van der Waals surface area (Å²) >= 11 is 0. The summed E-state index contributed by atoms with van der Waals surface area (Å²) in [6.45, 7) is 0. The molecule has 1 aromatic heterocycles. The summed E-state index contributed by atoms with van der Waals surface area (Å²) in [7, 11) is 0. The van der Waals surface area contributed by atoms with E-state index in [1.165, 1.54) is 6.07 Å². The number of rotatable bonds is 1. The third kappa shape index (κ3) is 1.87. The first-order valence-corrected chi connectivity index (χ1v) is 6.98. The Labute approximate surface area is 126 Å². The molecule has 0 aliphatic rings. The summed E-state index contributed by atoms with van der Waals surface area (Å²) in [6.07, 6.45) is 0. The maximum Gasteiger partial charge on any atom is 0.193 e. The average molecular weight is 288 g/mol. The van der Waals surface area contributed by atoms with Crippen molar-refractivity contribution in [3.05, 3.63) is 77.0 Å². The fraction of sp³-hybridized carbons (Fsp3) is 0. The number of benzene rings is 3. The lowest BCUT2D eigenvalue weighted by molar-refractivity contribution is 0.481. The molecule has 1 N–H and O–H groups in total. The van der Waals surface area contributed by atoms with Crippen molar-refractivity contribution in [2.75, 3.05) is 0 Å². The van der Waals surface area contributed by atoms with Crippen molar-refractivity contribution in [3.8, 4) is 17.1 Å². The van der Waals surface area contributed by atoms with Gasteiger partial charge in [0.2, 0.25) is 0 Å². The van der Waals surface area contributed by atoms with Crippen LogP contribution in [0.3, 0.4) is 0 Å². The Morgan fingerprint density at radius 1 is 0.818 bits per heavy atom. The number of phenols is 1. The first-order valence-electron chi connectivity index (χ1n) is 6.98. The number of hydrogen-bond donors (Lipinski definition) is 1. The van der Waals surface area contributed by atoms with Gasteiger partial charge in [-0.15, -0.1) is 0 Å². The van der Waals surface area contributed by atoms with Crippen molar-refractivity contribution in [1.82, 2.24) is 0 Å². The Morgan fingerprint density at radius 2 is 1.64 bits per heavy atom. The van der Waals surface area contributed by atoms with Gasteiger partial charge in [-0.1, -0.05) is 42.5 Å². The second-order valence-electron chi connectivity index (χ2n) is 5.15. The van der Waals surface area contributed by atoms with E-state index >= 15 is 0 Å². The molecule has 3 nitrogen and oxygen atoms in total. The van der Waals surface area contributed by atoms with Gasteiger partial charge in [0.05, 0.1) is 5.39 Å². The molecule has 0 fully saturated rings. The Bertz CT molecular complexity index is 1050. The lowest BCUT2D eigenvalue weighted by Gasteiger charge is -2.06. The molecule has 3 aromatic carbocycles. The van der Waals surface area contributed by atoms with Crippen molar-refractivity contribution in [1.29, 1.82) is 0 Å². The van der Waals surface area contributed by atoms with Gasteiger partial charge in [-0.3, -0.25) is 4.79 Å². The molecule has 0 amide bonds. The molecule has 0 saturated heterocycles. The first-order chi connectivity index (χ1) is 10.7. The monoisotopic (exact) mass is 288 g/mol. The van der Waals surface area contributed by atoms with Gasteiger partial charge in [0.25, 0.3) is 0 Å². The van der Waals surface area contributed by atoms with E-state index in [1.807, 2.05) is 36.4 Å². The van der Waals surface area contributed by atoms with Crippen LogP contribution in [0.5, 0.6) is 5.75 Å². The van der Waals surface area contributed by atoms with Crippen LogP contribution in [-0.2, 0) is 0 Å². The zero-order valence-electron chi connectivity index (χ0n) is 11.6. The van der Waals surface area contributed by atoms with Gasteiger partial charge < -0.3 is 9.52 Å². The maximum absolute atomic E-state index is 12.6. The molecular formula is C19H12O3. The highest BCUT2D eigenvalue weighted by Crippen LogP contribution is 2.31.